The first-order valence-corrected chi connectivity index (χ1v) is 8.00. The Kier molecular flexibility index (Phi) is 6.56. The largest absolute Gasteiger partial charge is 0.497 e. The van der Waals surface area contributed by atoms with Gasteiger partial charge in [0.1, 0.15) is 5.75 Å². The lowest BCUT2D eigenvalue weighted by Crippen LogP contribution is -2.40. The second-order valence-electron chi connectivity index (χ2n) is 6.11. The molecule has 0 spiro atoms. The van der Waals surface area contributed by atoms with Crippen LogP contribution in [0.1, 0.15) is 25.0 Å². The van der Waals surface area contributed by atoms with Crippen molar-refractivity contribution in [2.75, 3.05) is 13.7 Å². The Labute approximate surface area is 138 Å². The molecule has 23 heavy (non-hydrogen) atoms. The molecule has 1 aromatic heterocycles. The molecule has 124 valence electrons. The number of aliphatic hydroxyl groups is 1. The summed E-state index contributed by atoms with van der Waals surface area (Å²) in [5.74, 6) is 1.23. The SMILES string of the molecule is COc1ccc(CN(Cc2cccnc2)[C@H](CO)C(C)C)cc1. The van der Waals surface area contributed by atoms with E-state index in [0.29, 0.717) is 5.92 Å². The summed E-state index contributed by atoms with van der Waals surface area (Å²) in [5, 5.41) is 9.83. The molecule has 1 N–H and O–H groups in total. The van der Waals surface area contributed by atoms with E-state index in [4.69, 9.17) is 4.74 Å². The molecule has 0 unspecified atom stereocenters. The number of nitrogens with zero attached hydrogens (tertiary/aromatic N) is 2. The Morgan fingerprint density at radius 2 is 1.78 bits per heavy atom. The summed E-state index contributed by atoms with van der Waals surface area (Å²) in [5.41, 5.74) is 2.36. The van der Waals surface area contributed by atoms with Crippen LogP contribution in [-0.2, 0) is 13.1 Å². The summed E-state index contributed by atoms with van der Waals surface area (Å²) in [6.45, 7) is 5.98. The summed E-state index contributed by atoms with van der Waals surface area (Å²) in [6.07, 6.45) is 3.67. The molecule has 4 heteroatoms. The van der Waals surface area contributed by atoms with Gasteiger partial charge >= 0.3 is 0 Å². The van der Waals surface area contributed by atoms with Crippen LogP contribution in [0.25, 0.3) is 0 Å². The zero-order chi connectivity index (χ0) is 16.7. The smallest absolute Gasteiger partial charge is 0.118 e. The van der Waals surface area contributed by atoms with Crippen molar-refractivity contribution in [3.05, 3.63) is 59.9 Å². The molecule has 1 aromatic carbocycles. The van der Waals surface area contributed by atoms with Crippen molar-refractivity contribution >= 4 is 0 Å². The molecule has 0 aliphatic heterocycles. The zero-order valence-electron chi connectivity index (χ0n) is 14.1. The lowest BCUT2D eigenvalue weighted by molar-refractivity contribution is 0.0783. The van der Waals surface area contributed by atoms with E-state index in [1.807, 2.05) is 24.4 Å². The van der Waals surface area contributed by atoms with Crippen molar-refractivity contribution in [2.45, 2.75) is 33.0 Å². The Hall–Kier alpha value is -1.91. The lowest BCUT2D eigenvalue weighted by atomic mass is 10.0. The summed E-state index contributed by atoms with van der Waals surface area (Å²) < 4.78 is 5.21. The highest BCUT2D eigenvalue weighted by Gasteiger charge is 2.21. The fraction of sp³-hybridized carbons (Fsp3) is 0.421. The van der Waals surface area contributed by atoms with Crippen molar-refractivity contribution in [2.24, 2.45) is 5.92 Å². The summed E-state index contributed by atoms with van der Waals surface area (Å²) in [4.78, 5) is 6.50. The van der Waals surface area contributed by atoms with Gasteiger partial charge < -0.3 is 9.84 Å². The van der Waals surface area contributed by atoms with Gasteiger partial charge in [-0.2, -0.15) is 0 Å². The van der Waals surface area contributed by atoms with Gasteiger partial charge in [-0.1, -0.05) is 32.0 Å². The molecule has 0 saturated heterocycles. The van der Waals surface area contributed by atoms with Crippen LogP contribution in [0, 0.1) is 5.92 Å². The maximum Gasteiger partial charge on any atom is 0.118 e. The van der Waals surface area contributed by atoms with Gasteiger partial charge in [-0.15, -0.1) is 0 Å². The van der Waals surface area contributed by atoms with Crippen molar-refractivity contribution in [3.63, 3.8) is 0 Å². The van der Waals surface area contributed by atoms with Crippen LogP contribution in [0.3, 0.4) is 0 Å². The first-order valence-electron chi connectivity index (χ1n) is 8.00. The average molecular weight is 314 g/mol. The molecule has 2 rings (SSSR count). The molecule has 4 nitrogen and oxygen atoms in total. The predicted molar refractivity (Wildman–Crippen MR) is 92.2 cm³/mol. The van der Waals surface area contributed by atoms with Crippen LogP contribution in [-0.4, -0.2) is 34.7 Å². The monoisotopic (exact) mass is 314 g/mol. The highest BCUT2D eigenvalue weighted by molar-refractivity contribution is 5.27. The standard InChI is InChI=1S/C19H26N2O2/c1-15(2)19(14-22)21(13-17-5-4-10-20-11-17)12-16-6-8-18(23-3)9-7-16/h4-11,15,19,22H,12-14H2,1-3H3/t19-/m1/s1. The molecule has 0 radical (unpaired) electrons. The van der Waals surface area contributed by atoms with Crippen molar-refractivity contribution < 1.29 is 9.84 Å². The summed E-state index contributed by atoms with van der Waals surface area (Å²) >= 11 is 0. The molecule has 0 aliphatic rings. The van der Waals surface area contributed by atoms with Gasteiger partial charge in [-0.05, 0) is 35.2 Å². The number of benzene rings is 1. The zero-order valence-corrected chi connectivity index (χ0v) is 14.1. The number of hydrogen-bond acceptors (Lipinski definition) is 4. The number of pyridine rings is 1. The molecule has 0 bridgehead atoms. The van der Waals surface area contributed by atoms with Crippen LogP contribution >= 0.6 is 0 Å². The fourth-order valence-corrected chi connectivity index (χ4v) is 2.73. The van der Waals surface area contributed by atoms with Gasteiger partial charge in [-0.25, -0.2) is 0 Å². The molecule has 0 saturated carbocycles. The minimum Gasteiger partial charge on any atom is -0.497 e. The highest BCUT2D eigenvalue weighted by Crippen LogP contribution is 2.19. The van der Waals surface area contributed by atoms with E-state index in [9.17, 15) is 5.11 Å². The van der Waals surface area contributed by atoms with Gasteiger partial charge in [0.05, 0.1) is 13.7 Å². The molecule has 1 atom stereocenters. The van der Waals surface area contributed by atoms with Gasteiger partial charge in [-0.3, -0.25) is 9.88 Å². The van der Waals surface area contributed by atoms with Crippen molar-refractivity contribution in [1.29, 1.82) is 0 Å². The minimum atomic E-state index is 0.109. The van der Waals surface area contributed by atoms with E-state index in [0.717, 1.165) is 24.4 Å². The summed E-state index contributed by atoms with van der Waals surface area (Å²) in [6, 6.07) is 12.2. The van der Waals surface area contributed by atoms with E-state index < -0.39 is 0 Å². The predicted octanol–water partition coefficient (Wildman–Crippen LogP) is 3.11. The number of aliphatic hydroxyl groups excluding tert-OH is 1. The quantitative estimate of drug-likeness (QED) is 0.813. The topological polar surface area (TPSA) is 45.6 Å². The first-order chi connectivity index (χ1) is 11.1. The van der Waals surface area contributed by atoms with Crippen molar-refractivity contribution in [3.8, 4) is 5.75 Å². The second-order valence-corrected chi connectivity index (χ2v) is 6.11. The third-order valence-electron chi connectivity index (χ3n) is 4.08. The molecular weight excluding hydrogens is 288 g/mol. The summed E-state index contributed by atoms with van der Waals surface area (Å²) in [7, 11) is 1.67. The maximum absolute atomic E-state index is 9.83. The van der Waals surface area contributed by atoms with E-state index in [1.54, 1.807) is 13.3 Å². The number of ether oxygens (including phenoxy) is 1. The highest BCUT2D eigenvalue weighted by atomic mass is 16.5. The normalized spacial score (nSPS) is 12.6. The molecular formula is C19H26N2O2. The van der Waals surface area contributed by atoms with E-state index in [-0.39, 0.29) is 12.6 Å². The Morgan fingerprint density at radius 3 is 2.30 bits per heavy atom. The second kappa shape index (κ2) is 8.65. The Bertz CT molecular complexity index is 570. The Morgan fingerprint density at radius 1 is 1.09 bits per heavy atom. The van der Waals surface area contributed by atoms with Gasteiger partial charge in [0.15, 0.2) is 0 Å². The third-order valence-corrected chi connectivity index (χ3v) is 4.08. The Balaban J connectivity index is 2.17. The van der Waals surface area contributed by atoms with Crippen molar-refractivity contribution in [1.82, 2.24) is 9.88 Å². The van der Waals surface area contributed by atoms with E-state index in [2.05, 4.69) is 41.9 Å². The number of methoxy groups -OCH3 is 1. The molecule has 2 aromatic rings. The molecule has 1 heterocycles. The molecule has 0 amide bonds. The lowest BCUT2D eigenvalue weighted by Gasteiger charge is -2.33. The third kappa shape index (κ3) is 5.05. The molecule has 0 fully saturated rings. The number of rotatable bonds is 8. The maximum atomic E-state index is 9.83. The first kappa shape index (κ1) is 17.4. The van der Waals surface area contributed by atoms with Crippen LogP contribution in [0.5, 0.6) is 5.75 Å². The molecule has 0 aliphatic carbocycles. The average Bonchev–Trinajstić information content (AvgIpc) is 2.56. The van der Waals surface area contributed by atoms with Gasteiger partial charge in [0, 0.05) is 31.5 Å². The van der Waals surface area contributed by atoms with Crippen LogP contribution in [0.15, 0.2) is 48.8 Å². The number of aromatic nitrogens is 1. The van der Waals surface area contributed by atoms with Gasteiger partial charge in [0.25, 0.3) is 0 Å². The number of hydrogen-bond donors (Lipinski definition) is 1. The minimum absolute atomic E-state index is 0.109. The van der Waals surface area contributed by atoms with Crippen LogP contribution in [0.2, 0.25) is 0 Å². The van der Waals surface area contributed by atoms with Crippen LogP contribution < -0.4 is 4.74 Å². The van der Waals surface area contributed by atoms with Crippen LogP contribution in [0.4, 0.5) is 0 Å². The van der Waals surface area contributed by atoms with Gasteiger partial charge in [0.2, 0.25) is 0 Å². The van der Waals surface area contributed by atoms with E-state index >= 15 is 0 Å². The fourth-order valence-electron chi connectivity index (χ4n) is 2.73. The van der Waals surface area contributed by atoms with E-state index in [1.165, 1.54) is 5.56 Å².